The molecule has 1 aromatic carbocycles. The van der Waals surface area contributed by atoms with Gasteiger partial charge in [0, 0.05) is 18.7 Å². The quantitative estimate of drug-likeness (QED) is 0.910. The smallest absolute Gasteiger partial charge is 0.149 e. The maximum atomic E-state index is 5.44. The fraction of sp³-hybridized carbons (Fsp3) is 0.467. The van der Waals surface area contributed by atoms with Gasteiger partial charge in [-0.3, -0.25) is 0 Å². The summed E-state index contributed by atoms with van der Waals surface area (Å²) < 4.78 is 7.37. The van der Waals surface area contributed by atoms with Crippen molar-refractivity contribution in [3.8, 4) is 5.75 Å². The van der Waals surface area contributed by atoms with E-state index in [-0.39, 0.29) is 12.1 Å². The summed E-state index contributed by atoms with van der Waals surface area (Å²) in [4.78, 5) is 0. The number of hydrogen-bond acceptors (Lipinski definition) is 4. The summed E-state index contributed by atoms with van der Waals surface area (Å²) in [6, 6.07) is 6.50. The van der Waals surface area contributed by atoms with Gasteiger partial charge in [0.2, 0.25) is 0 Å². The Balaban J connectivity index is 2.18. The van der Waals surface area contributed by atoms with Crippen LogP contribution in [-0.4, -0.2) is 21.9 Å². The molecule has 0 saturated carbocycles. The Morgan fingerprint density at radius 2 is 2.00 bits per heavy atom. The number of hydrogen-bond donors (Lipinski definition) is 1. The van der Waals surface area contributed by atoms with E-state index >= 15 is 0 Å². The molecule has 5 nitrogen and oxygen atoms in total. The van der Waals surface area contributed by atoms with Crippen LogP contribution in [0.3, 0.4) is 0 Å². The van der Waals surface area contributed by atoms with Crippen LogP contribution in [0, 0.1) is 6.92 Å². The first-order valence-corrected chi connectivity index (χ1v) is 6.77. The molecule has 2 aromatic rings. The van der Waals surface area contributed by atoms with Gasteiger partial charge in [-0.15, -0.1) is 10.2 Å². The van der Waals surface area contributed by atoms with Crippen molar-refractivity contribution in [2.24, 2.45) is 7.05 Å². The van der Waals surface area contributed by atoms with Gasteiger partial charge in [0.15, 0.2) is 0 Å². The van der Waals surface area contributed by atoms with Crippen LogP contribution in [0.15, 0.2) is 24.5 Å². The third kappa shape index (κ3) is 2.99. The molecule has 0 saturated heterocycles. The molecule has 0 radical (unpaired) electrons. The van der Waals surface area contributed by atoms with Gasteiger partial charge < -0.3 is 14.6 Å². The molecular formula is C15H22N4O. The SMILES string of the molecule is COc1ccc(C)cc1C(C)NC(C)c1nncn1C. The number of ether oxygens (including phenoxy) is 1. The Morgan fingerprint density at radius 1 is 1.25 bits per heavy atom. The van der Waals surface area contributed by atoms with Crippen molar-refractivity contribution < 1.29 is 4.74 Å². The lowest BCUT2D eigenvalue weighted by molar-refractivity contribution is 0.393. The van der Waals surface area contributed by atoms with Crippen molar-refractivity contribution in [1.29, 1.82) is 0 Å². The number of aromatic nitrogens is 3. The molecule has 0 fully saturated rings. The second-order valence-electron chi connectivity index (χ2n) is 5.16. The lowest BCUT2D eigenvalue weighted by atomic mass is 10.0. The first-order valence-electron chi connectivity index (χ1n) is 6.77. The lowest BCUT2D eigenvalue weighted by Gasteiger charge is -2.22. The maximum absolute atomic E-state index is 5.44. The Morgan fingerprint density at radius 3 is 2.60 bits per heavy atom. The number of nitrogens with zero attached hydrogens (tertiary/aromatic N) is 3. The molecule has 2 atom stereocenters. The zero-order chi connectivity index (χ0) is 14.7. The minimum atomic E-state index is 0.114. The van der Waals surface area contributed by atoms with Crippen molar-refractivity contribution >= 4 is 0 Å². The first kappa shape index (κ1) is 14.5. The van der Waals surface area contributed by atoms with Crippen LogP contribution in [0.4, 0.5) is 0 Å². The van der Waals surface area contributed by atoms with Crippen molar-refractivity contribution in [2.45, 2.75) is 32.9 Å². The molecule has 20 heavy (non-hydrogen) atoms. The molecular weight excluding hydrogens is 252 g/mol. The average Bonchev–Trinajstić information content (AvgIpc) is 2.85. The van der Waals surface area contributed by atoms with Crippen molar-refractivity contribution in [2.75, 3.05) is 7.11 Å². The molecule has 2 rings (SSSR count). The van der Waals surface area contributed by atoms with E-state index in [2.05, 4.69) is 48.4 Å². The fourth-order valence-corrected chi connectivity index (χ4v) is 2.42. The molecule has 2 unspecified atom stereocenters. The van der Waals surface area contributed by atoms with Crippen LogP contribution in [0.1, 0.15) is 42.9 Å². The molecule has 108 valence electrons. The Bertz CT molecular complexity index is 579. The Hall–Kier alpha value is -1.88. The van der Waals surface area contributed by atoms with Gasteiger partial charge in [0.05, 0.1) is 13.2 Å². The molecule has 1 heterocycles. The zero-order valence-electron chi connectivity index (χ0n) is 12.7. The second kappa shape index (κ2) is 6.05. The van der Waals surface area contributed by atoms with E-state index in [4.69, 9.17) is 4.74 Å². The number of aryl methyl sites for hydroxylation is 2. The summed E-state index contributed by atoms with van der Waals surface area (Å²) in [5.74, 6) is 1.82. The molecule has 0 spiro atoms. The number of benzene rings is 1. The molecule has 0 aliphatic rings. The van der Waals surface area contributed by atoms with Crippen LogP contribution in [0.2, 0.25) is 0 Å². The summed E-state index contributed by atoms with van der Waals surface area (Å²) in [6.07, 6.45) is 1.71. The minimum absolute atomic E-state index is 0.114. The van der Waals surface area contributed by atoms with Gasteiger partial charge in [-0.05, 0) is 26.8 Å². The first-order chi connectivity index (χ1) is 9.52. The van der Waals surface area contributed by atoms with Gasteiger partial charge in [0.1, 0.15) is 17.9 Å². The van der Waals surface area contributed by atoms with Gasteiger partial charge in [-0.1, -0.05) is 17.7 Å². The summed E-state index contributed by atoms with van der Waals surface area (Å²) in [7, 11) is 3.65. The highest BCUT2D eigenvalue weighted by molar-refractivity contribution is 5.39. The number of nitrogens with one attached hydrogen (secondary N) is 1. The largest absolute Gasteiger partial charge is 0.496 e. The summed E-state index contributed by atoms with van der Waals surface area (Å²) in [5, 5.41) is 11.6. The van der Waals surface area contributed by atoms with E-state index in [0.717, 1.165) is 17.1 Å². The Labute approximate surface area is 120 Å². The van der Waals surface area contributed by atoms with Crippen LogP contribution < -0.4 is 10.1 Å². The van der Waals surface area contributed by atoms with Crippen molar-refractivity contribution in [1.82, 2.24) is 20.1 Å². The summed E-state index contributed by atoms with van der Waals surface area (Å²) in [6.45, 7) is 6.30. The maximum Gasteiger partial charge on any atom is 0.149 e. The number of methoxy groups -OCH3 is 1. The topological polar surface area (TPSA) is 52.0 Å². The highest BCUT2D eigenvalue weighted by atomic mass is 16.5. The van der Waals surface area contributed by atoms with Gasteiger partial charge in [0.25, 0.3) is 0 Å². The van der Waals surface area contributed by atoms with Gasteiger partial charge >= 0.3 is 0 Å². The monoisotopic (exact) mass is 274 g/mol. The molecule has 0 aliphatic heterocycles. The van der Waals surface area contributed by atoms with Crippen LogP contribution in [0.25, 0.3) is 0 Å². The summed E-state index contributed by atoms with van der Waals surface area (Å²) >= 11 is 0. The van der Waals surface area contributed by atoms with E-state index in [9.17, 15) is 0 Å². The predicted octanol–water partition coefficient (Wildman–Crippen LogP) is 2.54. The highest BCUT2D eigenvalue weighted by Gasteiger charge is 2.17. The van der Waals surface area contributed by atoms with Crippen LogP contribution in [-0.2, 0) is 7.05 Å². The number of rotatable bonds is 5. The van der Waals surface area contributed by atoms with E-state index in [0.29, 0.717) is 0 Å². The lowest BCUT2D eigenvalue weighted by Crippen LogP contribution is -2.25. The Kier molecular flexibility index (Phi) is 4.39. The molecule has 1 aromatic heterocycles. The molecule has 5 heteroatoms. The van der Waals surface area contributed by atoms with E-state index in [1.165, 1.54) is 5.56 Å². The molecule has 0 bridgehead atoms. The average molecular weight is 274 g/mol. The van der Waals surface area contributed by atoms with E-state index in [1.807, 2.05) is 17.7 Å². The normalized spacial score (nSPS) is 14.1. The molecule has 0 aliphatic carbocycles. The standard InChI is InChI=1S/C15H22N4O/c1-10-6-7-14(20-5)13(8-10)11(2)17-12(3)15-18-16-9-19(15)4/h6-9,11-12,17H,1-5H3. The van der Waals surface area contributed by atoms with E-state index < -0.39 is 0 Å². The van der Waals surface area contributed by atoms with Crippen molar-refractivity contribution in [3.63, 3.8) is 0 Å². The predicted molar refractivity (Wildman–Crippen MR) is 78.7 cm³/mol. The van der Waals surface area contributed by atoms with E-state index in [1.54, 1.807) is 13.4 Å². The fourth-order valence-electron chi connectivity index (χ4n) is 2.42. The molecule has 0 amide bonds. The minimum Gasteiger partial charge on any atom is -0.496 e. The van der Waals surface area contributed by atoms with Crippen molar-refractivity contribution in [3.05, 3.63) is 41.5 Å². The second-order valence-corrected chi connectivity index (χ2v) is 5.16. The molecule has 1 N–H and O–H groups in total. The third-order valence-corrected chi connectivity index (χ3v) is 3.49. The van der Waals surface area contributed by atoms with Gasteiger partial charge in [-0.25, -0.2) is 0 Å². The highest BCUT2D eigenvalue weighted by Crippen LogP contribution is 2.27. The summed E-state index contributed by atoms with van der Waals surface area (Å²) in [5.41, 5.74) is 2.38. The zero-order valence-corrected chi connectivity index (χ0v) is 12.7. The van der Waals surface area contributed by atoms with Crippen LogP contribution in [0.5, 0.6) is 5.75 Å². The third-order valence-electron chi connectivity index (χ3n) is 3.49. The van der Waals surface area contributed by atoms with Crippen LogP contribution >= 0.6 is 0 Å². The van der Waals surface area contributed by atoms with Gasteiger partial charge in [-0.2, -0.15) is 0 Å².